The Labute approximate surface area is 307 Å². The number of alkyl halides is 3. The van der Waals surface area contributed by atoms with Crippen molar-refractivity contribution >= 4 is 30.0 Å². The van der Waals surface area contributed by atoms with Gasteiger partial charge in [-0.25, -0.2) is 16.3 Å². The number of amides is 1. The normalized spacial score (nSPS) is 22.3. The molecule has 1 aliphatic carbocycles. The van der Waals surface area contributed by atoms with E-state index in [0.29, 0.717) is 30.5 Å². The first kappa shape index (κ1) is 47.2. The Hall–Kier alpha value is -2.80. The van der Waals surface area contributed by atoms with Gasteiger partial charge in [-0.2, -0.15) is 13.2 Å². The van der Waals surface area contributed by atoms with E-state index in [9.17, 15) is 22.8 Å². The fraction of sp³-hybridized carbons (Fsp3) is 0.649. The quantitative estimate of drug-likeness (QED) is 0.110. The molecule has 3 N–H and O–H groups in total. The Morgan fingerprint density at radius 2 is 1.76 bits per heavy atom. The number of aromatic nitrogens is 2. The molecule has 2 aliphatic rings. The molecule has 13 heteroatoms. The number of aliphatic hydroxyl groups is 1. The first-order valence-electron chi connectivity index (χ1n) is 17.0. The maximum Gasteiger partial charge on any atom is 0.416 e. The van der Waals surface area contributed by atoms with Crippen LogP contribution < -0.4 is 10.5 Å². The Morgan fingerprint density at radius 1 is 1.12 bits per heavy atom. The Balaban J connectivity index is 0.00000148. The summed E-state index contributed by atoms with van der Waals surface area (Å²) in [5.41, 5.74) is 4.37. The maximum absolute atomic E-state index is 13.3. The van der Waals surface area contributed by atoms with Gasteiger partial charge in [0.05, 0.1) is 16.6 Å². The average molecular weight is 745 g/mol. The van der Waals surface area contributed by atoms with Crippen molar-refractivity contribution in [2.75, 3.05) is 13.6 Å². The number of aryl methyl sites for hydroxylation is 1. The Morgan fingerprint density at radius 3 is 2.24 bits per heavy atom. The van der Waals surface area contributed by atoms with Gasteiger partial charge in [0.1, 0.15) is 24.2 Å². The summed E-state index contributed by atoms with van der Waals surface area (Å²) in [4.78, 5) is 41.1. The minimum Gasteiger partial charge on any atom is -0.540 e. The van der Waals surface area contributed by atoms with Crippen LogP contribution >= 0.6 is 0 Å². The van der Waals surface area contributed by atoms with E-state index in [-0.39, 0.29) is 59.8 Å². The predicted molar refractivity (Wildman–Crippen MR) is 187 cm³/mol. The van der Waals surface area contributed by atoms with E-state index in [1.165, 1.54) is 38.2 Å². The van der Waals surface area contributed by atoms with Crippen molar-refractivity contribution in [2.24, 2.45) is 28.9 Å². The summed E-state index contributed by atoms with van der Waals surface area (Å²) in [5.74, 6) is 1.88. The van der Waals surface area contributed by atoms with E-state index in [1.807, 2.05) is 39.6 Å². The van der Waals surface area contributed by atoms with Crippen LogP contribution in [0.25, 0.3) is 11.0 Å². The van der Waals surface area contributed by atoms with Crippen molar-refractivity contribution in [3.05, 3.63) is 42.6 Å². The zero-order chi connectivity index (χ0) is 37.4. The van der Waals surface area contributed by atoms with Gasteiger partial charge >= 0.3 is 6.18 Å². The molecule has 0 spiro atoms. The summed E-state index contributed by atoms with van der Waals surface area (Å²) >= 11 is 0. The fourth-order valence-electron chi connectivity index (χ4n) is 6.23. The largest absolute Gasteiger partial charge is 0.540 e. The zero-order valence-corrected chi connectivity index (χ0v) is 31.8. The van der Waals surface area contributed by atoms with Crippen LogP contribution in [0.2, 0.25) is 0 Å². The molecule has 9 nitrogen and oxygen atoms in total. The molecule has 1 aliphatic heterocycles. The molecule has 1 amide bonds. The van der Waals surface area contributed by atoms with Crippen molar-refractivity contribution in [1.82, 2.24) is 14.9 Å². The van der Waals surface area contributed by atoms with Crippen LogP contribution in [0.1, 0.15) is 97.2 Å². The van der Waals surface area contributed by atoms with Gasteiger partial charge in [-0.1, -0.05) is 85.6 Å². The number of nitrogens with zero attached hydrogens (tertiary/aromatic N) is 3. The van der Waals surface area contributed by atoms with Crippen LogP contribution in [0, 0.1) is 23.2 Å². The van der Waals surface area contributed by atoms with Gasteiger partial charge in [0, 0.05) is 25.1 Å². The second kappa shape index (κ2) is 22.9. The molecule has 2 aromatic rings. The maximum atomic E-state index is 13.3. The van der Waals surface area contributed by atoms with Crippen LogP contribution in [-0.2, 0) is 45.5 Å². The van der Waals surface area contributed by atoms with Crippen LogP contribution in [0.3, 0.4) is 0 Å². The SMILES string of the molecule is C=C.CC(C)(C)[C@H](O)C=O.CC[C@@H]1[C@@H](Oc2nc3cc(C(F)(F)F)ccc3nc2CCCCC[C@@H]2CCCC2C)CN(C)[C@@H]1[C-]=O.NC=O.[V]. The summed E-state index contributed by atoms with van der Waals surface area (Å²) in [7, 11) is 1.86. The van der Waals surface area contributed by atoms with Crippen molar-refractivity contribution in [3.8, 4) is 5.88 Å². The molecule has 50 heavy (non-hydrogen) atoms. The monoisotopic (exact) mass is 744 g/mol. The van der Waals surface area contributed by atoms with Gasteiger partial charge in [-0.3, -0.25) is 4.79 Å². The summed E-state index contributed by atoms with van der Waals surface area (Å²) < 4.78 is 46.2. The number of likely N-dealkylation sites (N-methyl/N-ethyl adjacent to an activating group) is 1. The number of ether oxygens (including phenoxy) is 1. The Kier molecular flexibility index (Phi) is 21.6. The molecule has 281 valence electrons. The number of primary amides is 1. The first-order valence-corrected chi connectivity index (χ1v) is 17.0. The third-order valence-electron chi connectivity index (χ3n) is 9.25. The van der Waals surface area contributed by atoms with Crippen molar-refractivity contribution in [2.45, 2.75) is 117 Å². The molecule has 1 saturated carbocycles. The number of unbranched alkanes of at least 4 members (excludes halogenated alkanes) is 2. The molecule has 6 atom stereocenters. The number of halogens is 3. The van der Waals surface area contributed by atoms with Gasteiger partial charge in [0.25, 0.3) is 0 Å². The molecular weight excluding hydrogens is 688 g/mol. The smallest absolute Gasteiger partial charge is 0.416 e. The minimum atomic E-state index is -4.46. The number of carbonyl (C=O) groups excluding carboxylic acids is 3. The molecule has 1 aromatic heterocycles. The number of carbonyl (C=O) groups is 2. The van der Waals surface area contributed by atoms with E-state index in [1.54, 1.807) is 0 Å². The zero-order valence-electron chi connectivity index (χ0n) is 30.4. The van der Waals surface area contributed by atoms with Crippen LogP contribution in [0.5, 0.6) is 5.88 Å². The molecule has 1 saturated heterocycles. The topological polar surface area (TPSA) is 136 Å². The summed E-state index contributed by atoms with van der Waals surface area (Å²) in [6, 6.07) is 3.09. The third kappa shape index (κ3) is 14.4. The van der Waals surface area contributed by atoms with E-state index in [0.717, 1.165) is 43.2 Å². The fourth-order valence-corrected chi connectivity index (χ4v) is 6.23. The summed E-state index contributed by atoms with van der Waals surface area (Å²) in [6.45, 7) is 16.3. The van der Waals surface area contributed by atoms with E-state index >= 15 is 0 Å². The number of nitrogens with two attached hydrogens (primary N) is 1. The molecule has 0 bridgehead atoms. The van der Waals surface area contributed by atoms with Crippen LogP contribution in [0.4, 0.5) is 13.2 Å². The second-order valence-corrected chi connectivity index (χ2v) is 13.8. The number of hydrogen-bond donors (Lipinski definition) is 2. The van der Waals surface area contributed by atoms with Gasteiger partial charge in [0.2, 0.25) is 12.3 Å². The van der Waals surface area contributed by atoms with Gasteiger partial charge in [0.15, 0.2) is 0 Å². The number of hydrogen-bond acceptors (Lipinski definition) is 8. The van der Waals surface area contributed by atoms with E-state index in [4.69, 9.17) is 19.6 Å². The summed E-state index contributed by atoms with van der Waals surface area (Å²) in [6.07, 6.45) is 7.14. The molecule has 2 heterocycles. The van der Waals surface area contributed by atoms with Crippen molar-refractivity contribution < 1.29 is 56.0 Å². The molecule has 2 fully saturated rings. The second-order valence-electron chi connectivity index (χ2n) is 13.8. The first-order chi connectivity index (χ1) is 23.1. The number of rotatable bonds is 11. The van der Waals surface area contributed by atoms with Crippen LogP contribution in [-0.4, -0.2) is 70.8 Å². The molecule has 1 aromatic carbocycles. The Bertz CT molecular complexity index is 1310. The summed E-state index contributed by atoms with van der Waals surface area (Å²) in [5, 5.41) is 8.83. The van der Waals surface area contributed by atoms with Gasteiger partial charge in [-0.05, 0) is 61.3 Å². The van der Waals surface area contributed by atoms with Crippen molar-refractivity contribution in [3.63, 3.8) is 0 Å². The number of aliphatic hydroxyl groups excluding tert-OH is 1. The third-order valence-corrected chi connectivity index (χ3v) is 9.25. The number of fused-ring (bicyclic) bond motifs is 1. The standard InChI is InChI=1S/C28H37F3N3O2.C6H12O2.C2H4.CH3NO.V/c1-4-21-25(17-35)34(3)16-26(21)36-27-23(12-7-5-6-10-19-11-8-9-18(19)2)32-22-14-13-20(28(29,30)31)15-24(22)33-27;1-6(2,3)5(8)4-7;1-2;2-1-3;/h13-15,18-19,21,25-26H,4-12,16H2,1-3H3;4-5,8H,1-3H3;1-2H2;1H,(H2,2,3);/q-1;;;;/t18?,19-,21+,25-,26+;5-;;;/m11.../s1. The van der Waals surface area contributed by atoms with Gasteiger partial charge < -0.3 is 30.1 Å². The van der Waals surface area contributed by atoms with Crippen LogP contribution in [0.15, 0.2) is 31.4 Å². The van der Waals surface area contributed by atoms with E-state index < -0.39 is 17.8 Å². The van der Waals surface area contributed by atoms with Crippen molar-refractivity contribution in [1.29, 1.82) is 0 Å². The number of likely N-dealkylation sites (tertiary alicyclic amines) is 1. The molecule has 1 unspecified atom stereocenters. The van der Waals surface area contributed by atoms with Gasteiger partial charge in [-0.15, -0.1) is 13.2 Å². The average Bonchev–Trinajstić information content (AvgIpc) is 3.61. The minimum absolute atomic E-state index is 0. The number of benzene rings is 1. The molecule has 4 rings (SSSR count). The number of aldehydes is 1. The molecular formula is C37H56F3N4O5V-. The van der Waals surface area contributed by atoms with E-state index in [2.05, 4.69) is 37.1 Å². The molecule has 1 radical (unpaired) electrons. The predicted octanol–water partition coefficient (Wildman–Crippen LogP) is 6.88.